The Bertz CT molecular complexity index is 530. The van der Waals surface area contributed by atoms with Crippen molar-refractivity contribution in [2.75, 3.05) is 33.2 Å². The van der Waals surface area contributed by atoms with Crippen LogP contribution in [0.2, 0.25) is 0 Å². The average molecular weight is 477 g/mol. The number of hydrogen-bond donors (Lipinski definition) is 2. The number of rotatable bonds is 8. The van der Waals surface area contributed by atoms with Crippen molar-refractivity contribution in [1.29, 1.82) is 0 Å². The molecule has 0 spiro atoms. The van der Waals surface area contributed by atoms with Gasteiger partial charge in [-0.15, -0.1) is 24.0 Å². The summed E-state index contributed by atoms with van der Waals surface area (Å²) in [4.78, 5) is 6.85. The van der Waals surface area contributed by atoms with E-state index in [1.54, 1.807) is 0 Å². The molecule has 1 aliphatic rings. The molecule has 1 atom stereocenters. The minimum atomic E-state index is 0. The van der Waals surface area contributed by atoms with Gasteiger partial charge in [-0.05, 0) is 44.7 Å². The Kier molecular flexibility index (Phi) is 11.2. The van der Waals surface area contributed by atoms with E-state index in [9.17, 15) is 0 Å². The van der Waals surface area contributed by atoms with Gasteiger partial charge in [-0.1, -0.05) is 25.9 Å². The van der Waals surface area contributed by atoms with Crippen LogP contribution in [0.4, 0.5) is 0 Å². The number of likely N-dealkylation sites (tertiary alicyclic amines) is 1. The van der Waals surface area contributed by atoms with Gasteiger partial charge in [0.1, 0.15) is 0 Å². The van der Waals surface area contributed by atoms with E-state index in [2.05, 4.69) is 52.5 Å². The largest absolute Gasteiger partial charge is 0.359 e. The zero-order valence-electron chi connectivity index (χ0n) is 16.8. The van der Waals surface area contributed by atoms with Crippen molar-refractivity contribution in [3.8, 4) is 0 Å². The summed E-state index contributed by atoms with van der Waals surface area (Å²) in [6.45, 7) is 11.8. The maximum atomic E-state index is 5.47. The zero-order chi connectivity index (χ0) is 18.1. The first-order valence-corrected chi connectivity index (χ1v) is 9.82. The molecule has 0 saturated carbocycles. The Morgan fingerprint density at radius 3 is 2.77 bits per heavy atom. The van der Waals surface area contributed by atoms with Crippen LogP contribution in [0.5, 0.6) is 0 Å². The highest BCUT2D eigenvalue weighted by atomic mass is 127. The van der Waals surface area contributed by atoms with Crippen molar-refractivity contribution in [3.63, 3.8) is 0 Å². The fraction of sp³-hybridized carbons (Fsp3) is 0.789. The minimum Gasteiger partial charge on any atom is -0.359 e. The lowest BCUT2D eigenvalue weighted by atomic mass is 9.98. The third-order valence-electron chi connectivity index (χ3n) is 5.24. The standard InChI is InChI=1S/C19H35N5O.HI/c1-5-16(6-2)18-11-17(25-23-18)13-22-19(20-4)21-12-15-9-8-10-24(7-3)14-15;/h11,15-16H,5-10,12-14H2,1-4H3,(H2,20,21,22);1H. The molecule has 1 saturated heterocycles. The molecular formula is C19H36IN5O. The monoisotopic (exact) mass is 477 g/mol. The first-order valence-electron chi connectivity index (χ1n) is 9.82. The van der Waals surface area contributed by atoms with Gasteiger partial charge in [0.15, 0.2) is 11.7 Å². The highest BCUT2D eigenvalue weighted by molar-refractivity contribution is 14.0. The van der Waals surface area contributed by atoms with E-state index in [0.29, 0.717) is 18.4 Å². The quantitative estimate of drug-likeness (QED) is 0.341. The summed E-state index contributed by atoms with van der Waals surface area (Å²) in [6, 6.07) is 2.07. The molecule has 1 aromatic rings. The molecule has 7 heteroatoms. The van der Waals surface area contributed by atoms with Crippen LogP contribution in [0.3, 0.4) is 0 Å². The predicted octanol–water partition coefficient (Wildman–Crippen LogP) is 3.59. The number of piperidine rings is 1. The molecule has 0 aliphatic carbocycles. The molecule has 0 radical (unpaired) electrons. The van der Waals surface area contributed by atoms with E-state index in [1.165, 1.54) is 25.9 Å². The van der Waals surface area contributed by atoms with Crippen molar-refractivity contribution < 1.29 is 4.52 Å². The third-order valence-corrected chi connectivity index (χ3v) is 5.24. The van der Waals surface area contributed by atoms with Gasteiger partial charge >= 0.3 is 0 Å². The molecule has 1 fully saturated rings. The first-order chi connectivity index (χ1) is 12.2. The number of hydrogen-bond acceptors (Lipinski definition) is 4. The lowest BCUT2D eigenvalue weighted by molar-refractivity contribution is 0.183. The van der Waals surface area contributed by atoms with Crippen LogP contribution in [0.25, 0.3) is 0 Å². The van der Waals surface area contributed by atoms with Crippen molar-refractivity contribution in [1.82, 2.24) is 20.7 Å². The number of halogens is 1. The van der Waals surface area contributed by atoms with E-state index in [1.807, 2.05) is 7.05 Å². The van der Waals surface area contributed by atoms with Crippen LogP contribution in [0.15, 0.2) is 15.6 Å². The second-order valence-corrected chi connectivity index (χ2v) is 6.94. The van der Waals surface area contributed by atoms with Gasteiger partial charge in [-0.3, -0.25) is 4.99 Å². The van der Waals surface area contributed by atoms with Crippen molar-refractivity contribution in [2.24, 2.45) is 10.9 Å². The van der Waals surface area contributed by atoms with Gasteiger partial charge in [-0.25, -0.2) is 0 Å². The summed E-state index contributed by atoms with van der Waals surface area (Å²) >= 11 is 0. The highest BCUT2D eigenvalue weighted by Crippen LogP contribution is 2.22. The Balaban J connectivity index is 0.00000338. The molecule has 1 aromatic heterocycles. The van der Waals surface area contributed by atoms with Gasteiger partial charge in [0.2, 0.25) is 0 Å². The smallest absolute Gasteiger partial charge is 0.191 e. The second-order valence-electron chi connectivity index (χ2n) is 6.94. The third kappa shape index (κ3) is 7.06. The first kappa shape index (κ1) is 23.2. The Morgan fingerprint density at radius 2 is 2.12 bits per heavy atom. The summed E-state index contributed by atoms with van der Waals surface area (Å²) in [5.74, 6) is 2.87. The molecule has 0 bridgehead atoms. The topological polar surface area (TPSA) is 65.7 Å². The van der Waals surface area contributed by atoms with E-state index >= 15 is 0 Å². The van der Waals surface area contributed by atoms with Crippen LogP contribution in [0, 0.1) is 5.92 Å². The maximum absolute atomic E-state index is 5.47. The Hall–Kier alpha value is -0.830. The molecule has 6 nitrogen and oxygen atoms in total. The van der Waals surface area contributed by atoms with Gasteiger partial charge in [0, 0.05) is 32.1 Å². The fourth-order valence-corrected chi connectivity index (χ4v) is 3.55. The lowest BCUT2D eigenvalue weighted by Crippen LogP contribution is -2.44. The summed E-state index contributed by atoms with van der Waals surface area (Å²) in [5, 5.41) is 11.0. The van der Waals surface area contributed by atoms with E-state index < -0.39 is 0 Å². The molecule has 1 aliphatic heterocycles. The molecule has 2 heterocycles. The van der Waals surface area contributed by atoms with E-state index in [4.69, 9.17) is 4.52 Å². The minimum absolute atomic E-state index is 0. The summed E-state index contributed by atoms with van der Waals surface area (Å²) in [7, 11) is 1.81. The molecule has 26 heavy (non-hydrogen) atoms. The predicted molar refractivity (Wildman–Crippen MR) is 118 cm³/mol. The van der Waals surface area contributed by atoms with Gasteiger partial charge in [0.25, 0.3) is 0 Å². The van der Waals surface area contributed by atoms with Crippen molar-refractivity contribution in [3.05, 3.63) is 17.5 Å². The Labute approximate surface area is 175 Å². The fourth-order valence-electron chi connectivity index (χ4n) is 3.55. The Morgan fingerprint density at radius 1 is 1.35 bits per heavy atom. The number of nitrogens with one attached hydrogen (secondary N) is 2. The number of nitrogens with zero attached hydrogens (tertiary/aromatic N) is 3. The molecule has 0 aromatic carbocycles. The van der Waals surface area contributed by atoms with Crippen LogP contribution < -0.4 is 10.6 Å². The highest BCUT2D eigenvalue weighted by Gasteiger charge is 2.19. The SMILES string of the molecule is CCC(CC)c1cc(CNC(=NC)NCC2CCCN(CC)C2)on1.I. The lowest BCUT2D eigenvalue weighted by Gasteiger charge is -2.32. The number of guanidine groups is 1. The van der Waals surface area contributed by atoms with Gasteiger partial charge in [0.05, 0.1) is 12.2 Å². The summed E-state index contributed by atoms with van der Waals surface area (Å²) < 4.78 is 5.47. The van der Waals surface area contributed by atoms with Gasteiger partial charge < -0.3 is 20.1 Å². The molecule has 0 amide bonds. The van der Waals surface area contributed by atoms with Crippen LogP contribution in [0.1, 0.15) is 63.8 Å². The van der Waals surface area contributed by atoms with Gasteiger partial charge in [-0.2, -0.15) is 0 Å². The van der Waals surface area contributed by atoms with Crippen LogP contribution >= 0.6 is 24.0 Å². The zero-order valence-corrected chi connectivity index (χ0v) is 19.1. The number of aliphatic imine (C=N–C) groups is 1. The van der Waals surface area contributed by atoms with Crippen molar-refractivity contribution >= 4 is 29.9 Å². The van der Waals surface area contributed by atoms with Crippen molar-refractivity contribution in [2.45, 2.75) is 58.9 Å². The van der Waals surface area contributed by atoms with E-state index in [-0.39, 0.29) is 24.0 Å². The molecule has 1 unspecified atom stereocenters. The van der Waals surface area contributed by atoms with Crippen LogP contribution in [-0.2, 0) is 6.54 Å². The molecule has 2 N–H and O–H groups in total. The molecular weight excluding hydrogens is 441 g/mol. The van der Waals surface area contributed by atoms with Crippen LogP contribution in [-0.4, -0.2) is 49.2 Å². The summed E-state index contributed by atoms with van der Waals surface area (Å²) in [5.41, 5.74) is 1.06. The molecule has 150 valence electrons. The summed E-state index contributed by atoms with van der Waals surface area (Å²) in [6.07, 6.45) is 4.77. The van der Waals surface area contributed by atoms with E-state index in [0.717, 1.165) is 43.3 Å². The maximum Gasteiger partial charge on any atom is 0.191 e. The number of aromatic nitrogens is 1. The second kappa shape index (κ2) is 12.5. The normalized spacial score (nSPS) is 18.7. The average Bonchev–Trinajstić information content (AvgIpc) is 3.12. The molecule has 2 rings (SSSR count).